The maximum atomic E-state index is 11.7. The Hall–Kier alpha value is -2.04. The average Bonchev–Trinajstić information content (AvgIpc) is 2.34. The van der Waals surface area contributed by atoms with Crippen LogP contribution in [-0.2, 0) is 10.2 Å². The first-order valence-corrected chi connectivity index (χ1v) is 6.81. The van der Waals surface area contributed by atoms with Crippen molar-refractivity contribution in [1.82, 2.24) is 5.32 Å². The fourth-order valence-electron chi connectivity index (χ4n) is 2.00. The van der Waals surface area contributed by atoms with Gasteiger partial charge >= 0.3 is 12.0 Å². The Labute approximate surface area is 118 Å². The molecule has 0 unspecified atom stereocenters. The van der Waals surface area contributed by atoms with Crippen LogP contribution >= 0.6 is 0 Å². The molecule has 0 spiro atoms. The van der Waals surface area contributed by atoms with Crippen LogP contribution < -0.4 is 10.6 Å². The Balaban J connectivity index is 1.97. The number of carbonyl (C=O) groups excluding carboxylic acids is 1. The third-order valence-corrected chi connectivity index (χ3v) is 3.84. The van der Waals surface area contributed by atoms with Crippen molar-refractivity contribution in [2.24, 2.45) is 0 Å². The maximum absolute atomic E-state index is 11.7. The van der Waals surface area contributed by atoms with Gasteiger partial charge in [0.05, 0.1) is 5.41 Å². The number of amides is 2. The molecule has 0 saturated heterocycles. The zero-order chi connectivity index (χ0) is 14.8. The van der Waals surface area contributed by atoms with Crippen LogP contribution in [0.3, 0.4) is 0 Å². The number of carboxylic acids is 1. The molecule has 0 atom stereocenters. The van der Waals surface area contributed by atoms with E-state index >= 15 is 0 Å². The van der Waals surface area contributed by atoms with E-state index in [1.807, 2.05) is 0 Å². The lowest BCUT2D eigenvalue weighted by Gasteiger charge is -2.26. The van der Waals surface area contributed by atoms with Crippen molar-refractivity contribution in [3.63, 3.8) is 0 Å². The highest BCUT2D eigenvalue weighted by molar-refractivity contribution is 5.89. The summed E-state index contributed by atoms with van der Waals surface area (Å²) in [5, 5.41) is 14.8. The first-order chi connectivity index (χ1) is 9.39. The molecule has 1 fully saturated rings. The standard InChI is InChI=1S/C15H20N2O3/c1-15(2,13(18)19)10-6-8-12(9-7-10)17-14(20)16-11-4-3-5-11/h6-9,11H,3-5H2,1-2H3,(H,18,19)(H2,16,17,20). The predicted octanol–water partition coefficient (Wildman–Crippen LogP) is 2.72. The second-order valence-electron chi connectivity index (χ2n) is 5.73. The minimum Gasteiger partial charge on any atom is -0.481 e. The van der Waals surface area contributed by atoms with Crippen molar-refractivity contribution in [3.8, 4) is 0 Å². The zero-order valence-electron chi connectivity index (χ0n) is 11.8. The van der Waals surface area contributed by atoms with Gasteiger partial charge in [-0.05, 0) is 50.8 Å². The highest BCUT2D eigenvalue weighted by atomic mass is 16.4. The number of urea groups is 1. The normalized spacial score (nSPS) is 15.3. The van der Waals surface area contributed by atoms with E-state index < -0.39 is 11.4 Å². The van der Waals surface area contributed by atoms with E-state index in [1.165, 1.54) is 6.42 Å². The number of hydrogen-bond donors (Lipinski definition) is 3. The van der Waals surface area contributed by atoms with E-state index in [0.29, 0.717) is 17.3 Å². The smallest absolute Gasteiger partial charge is 0.319 e. The fraction of sp³-hybridized carbons (Fsp3) is 0.467. The molecule has 108 valence electrons. The molecule has 1 aliphatic carbocycles. The Morgan fingerprint density at radius 1 is 1.20 bits per heavy atom. The van der Waals surface area contributed by atoms with Gasteiger partial charge in [0.2, 0.25) is 0 Å². The van der Waals surface area contributed by atoms with Crippen molar-refractivity contribution >= 4 is 17.7 Å². The van der Waals surface area contributed by atoms with E-state index in [0.717, 1.165) is 12.8 Å². The van der Waals surface area contributed by atoms with Crippen LogP contribution in [0.4, 0.5) is 10.5 Å². The zero-order valence-corrected chi connectivity index (χ0v) is 11.8. The molecule has 0 bridgehead atoms. The minimum atomic E-state index is -0.938. The number of benzene rings is 1. The first kappa shape index (κ1) is 14.4. The van der Waals surface area contributed by atoms with Crippen LogP contribution in [0.1, 0.15) is 38.7 Å². The van der Waals surface area contributed by atoms with E-state index in [2.05, 4.69) is 10.6 Å². The molecular formula is C15H20N2O3. The van der Waals surface area contributed by atoms with Gasteiger partial charge < -0.3 is 15.7 Å². The van der Waals surface area contributed by atoms with Gasteiger partial charge in [0.1, 0.15) is 0 Å². The molecular weight excluding hydrogens is 256 g/mol. The molecule has 0 aliphatic heterocycles. The van der Waals surface area contributed by atoms with E-state index in [1.54, 1.807) is 38.1 Å². The number of nitrogens with one attached hydrogen (secondary N) is 2. The molecule has 20 heavy (non-hydrogen) atoms. The Bertz CT molecular complexity index is 504. The van der Waals surface area contributed by atoms with Crippen molar-refractivity contribution in [3.05, 3.63) is 29.8 Å². The molecule has 1 saturated carbocycles. The van der Waals surface area contributed by atoms with Gasteiger partial charge in [-0.25, -0.2) is 4.79 Å². The lowest BCUT2D eigenvalue weighted by atomic mass is 9.85. The van der Waals surface area contributed by atoms with Gasteiger partial charge in [0.15, 0.2) is 0 Å². The molecule has 5 nitrogen and oxygen atoms in total. The third kappa shape index (κ3) is 3.10. The quantitative estimate of drug-likeness (QED) is 0.791. The van der Waals surface area contributed by atoms with Crippen molar-refractivity contribution < 1.29 is 14.7 Å². The topological polar surface area (TPSA) is 78.4 Å². The van der Waals surface area contributed by atoms with Gasteiger partial charge in [0.25, 0.3) is 0 Å². The molecule has 2 amide bonds. The number of aliphatic carboxylic acids is 1. The molecule has 1 aliphatic rings. The summed E-state index contributed by atoms with van der Waals surface area (Å²) in [6.45, 7) is 3.31. The van der Waals surface area contributed by atoms with Crippen molar-refractivity contribution in [2.75, 3.05) is 5.32 Å². The fourth-order valence-corrected chi connectivity index (χ4v) is 2.00. The molecule has 0 aromatic heterocycles. The van der Waals surface area contributed by atoms with Crippen LogP contribution in [0.2, 0.25) is 0 Å². The monoisotopic (exact) mass is 276 g/mol. The van der Waals surface area contributed by atoms with Gasteiger partial charge in [-0.2, -0.15) is 0 Å². The summed E-state index contributed by atoms with van der Waals surface area (Å²) in [4.78, 5) is 22.9. The van der Waals surface area contributed by atoms with Gasteiger partial charge in [-0.1, -0.05) is 12.1 Å². The summed E-state index contributed by atoms with van der Waals surface area (Å²) < 4.78 is 0. The second-order valence-corrected chi connectivity index (χ2v) is 5.73. The Morgan fingerprint density at radius 2 is 1.80 bits per heavy atom. The molecule has 5 heteroatoms. The van der Waals surface area contributed by atoms with Crippen molar-refractivity contribution in [1.29, 1.82) is 0 Å². The SMILES string of the molecule is CC(C)(C(=O)O)c1ccc(NC(=O)NC2CCC2)cc1. The number of rotatable bonds is 4. The summed E-state index contributed by atoms with van der Waals surface area (Å²) in [7, 11) is 0. The van der Waals surface area contributed by atoms with Crippen LogP contribution in [0, 0.1) is 0 Å². The first-order valence-electron chi connectivity index (χ1n) is 6.81. The summed E-state index contributed by atoms with van der Waals surface area (Å²) in [6.07, 6.45) is 3.25. The number of hydrogen-bond acceptors (Lipinski definition) is 2. The van der Waals surface area contributed by atoms with Crippen LogP contribution in [0.25, 0.3) is 0 Å². The Morgan fingerprint density at radius 3 is 2.25 bits per heavy atom. The average molecular weight is 276 g/mol. The molecule has 3 N–H and O–H groups in total. The lowest BCUT2D eigenvalue weighted by molar-refractivity contribution is -0.142. The Kier molecular flexibility index (Phi) is 3.97. The van der Waals surface area contributed by atoms with Crippen LogP contribution in [0.5, 0.6) is 0 Å². The van der Waals surface area contributed by atoms with Gasteiger partial charge in [-0.15, -0.1) is 0 Å². The third-order valence-electron chi connectivity index (χ3n) is 3.84. The second kappa shape index (κ2) is 5.53. The number of carboxylic acid groups (broad SMARTS) is 1. The molecule has 1 aromatic carbocycles. The summed E-state index contributed by atoms with van der Waals surface area (Å²) in [6, 6.07) is 6.99. The van der Waals surface area contributed by atoms with E-state index in [-0.39, 0.29) is 6.03 Å². The van der Waals surface area contributed by atoms with Crippen molar-refractivity contribution in [2.45, 2.75) is 44.6 Å². The van der Waals surface area contributed by atoms with E-state index in [9.17, 15) is 9.59 Å². The highest BCUT2D eigenvalue weighted by Crippen LogP contribution is 2.25. The molecule has 0 radical (unpaired) electrons. The van der Waals surface area contributed by atoms with E-state index in [4.69, 9.17) is 5.11 Å². The van der Waals surface area contributed by atoms with Gasteiger partial charge in [0, 0.05) is 11.7 Å². The predicted molar refractivity (Wildman–Crippen MR) is 76.9 cm³/mol. The number of carbonyl (C=O) groups is 2. The number of anilines is 1. The maximum Gasteiger partial charge on any atom is 0.319 e. The van der Waals surface area contributed by atoms with Crippen LogP contribution in [-0.4, -0.2) is 23.1 Å². The van der Waals surface area contributed by atoms with Crippen LogP contribution in [0.15, 0.2) is 24.3 Å². The lowest BCUT2D eigenvalue weighted by Crippen LogP contribution is -2.41. The largest absolute Gasteiger partial charge is 0.481 e. The highest BCUT2D eigenvalue weighted by Gasteiger charge is 2.29. The summed E-state index contributed by atoms with van der Waals surface area (Å²) >= 11 is 0. The summed E-state index contributed by atoms with van der Waals surface area (Å²) in [5.74, 6) is -0.874. The summed E-state index contributed by atoms with van der Waals surface area (Å²) in [5.41, 5.74) is 0.425. The molecule has 2 rings (SSSR count). The molecule has 0 heterocycles. The van der Waals surface area contributed by atoms with Gasteiger partial charge in [-0.3, -0.25) is 4.79 Å². The molecule has 1 aromatic rings. The minimum absolute atomic E-state index is 0.208.